The van der Waals surface area contributed by atoms with E-state index in [1.165, 1.54) is 6.07 Å². The van der Waals surface area contributed by atoms with Crippen LogP contribution in [0.5, 0.6) is 5.88 Å². The van der Waals surface area contributed by atoms with Gasteiger partial charge in [-0.1, -0.05) is 6.92 Å². The highest BCUT2D eigenvalue weighted by atomic mass is 32.3. The van der Waals surface area contributed by atoms with Crippen molar-refractivity contribution in [3.8, 4) is 5.88 Å². The number of hydrogen-bond acceptors (Lipinski definition) is 18. The van der Waals surface area contributed by atoms with Crippen LogP contribution in [0, 0.1) is 0 Å². The fourth-order valence-corrected chi connectivity index (χ4v) is 11.0. The summed E-state index contributed by atoms with van der Waals surface area (Å²) in [6.45, 7) is 12.7. The van der Waals surface area contributed by atoms with Gasteiger partial charge < -0.3 is 40.0 Å². The Kier molecular flexibility index (Phi) is 16.5. The van der Waals surface area contributed by atoms with E-state index >= 15 is 0 Å². The van der Waals surface area contributed by atoms with Crippen LogP contribution in [0.2, 0.25) is 0 Å². The van der Waals surface area contributed by atoms with Gasteiger partial charge in [-0.15, -0.1) is 15.7 Å². The van der Waals surface area contributed by atoms with Crippen molar-refractivity contribution in [1.29, 1.82) is 0 Å². The Morgan fingerprint density at radius 3 is 2.35 bits per heavy atom. The second kappa shape index (κ2) is 19.9. The summed E-state index contributed by atoms with van der Waals surface area (Å²) in [5, 5.41) is 21.5. The molecule has 0 aliphatic carbocycles. The van der Waals surface area contributed by atoms with Crippen LogP contribution in [0.1, 0.15) is 65.5 Å². The Labute approximate surface area is 322 Å². The SMILES string of the molecule is CCN[C@H]1C[C@H](C)S(=O)(=O)c2sc(S(=O)(=O)CC(=O)CCC(=O)O[C@@H](CNC(C)(C)C)COc3nsnc3N3CCOCC3)cc21.O=C(O)/C=C\C(=O)O. The lowest BCUT2D eigenvalue weighted by Crippen LogP contribution is -2.44. The number of sulfone groups is 2. The number of carboxylic acids is 2. The smallest absolute Gasteiger partial charge is 0.328 e. The molecule has 2 aromatic rings. The molecule has 22 heteroatoms. The molecule has 302 valence electrons. The van der Waals surface area contributed by atoms with E-state index in [1.54, 1.807) is 6.92 Å². The van der Waals surface area contributed by atoms with Crippen molar-refractivity contribution in [2.75, 3.05) is 56.7 Å². The van der Waals surface area contributed by atoms with Crippen LogP contribution in [0.15, 0.2) is 26.6 Å². The molecule has 2 aliphatic rings. The zero-order valence-corrected chi connectivity index (χ0v) is 33.9. The number of carbonyl (C=O) groups is 4. The predicted molar refractivity (Wildman–Crippen MR) is 199 cm³/mol. The van der Waals surface area contributed by atoms with Crippen LogP contribution in [-0.4, -0.2) is 128 Å². The number of fused-ring (bicyclic) bond motifs is 1. The molecule has 54 heavy (non-hydrogen) atoms. The maximum atomic E-state index is 13.2. The summed E-state index contributed by atoms with van der Waals surface area (Å²) in [6.07, 6.45) is 0.0392. The van der Waals surface area contributed by atoms with Crippen molar-refractivity contribution in [2.24, 2.45) is 0 Å². The first-order chi connectivity index (χ1) is 25.2. The average molecular weight is 838 g/mol. The number of rotatable bonds is 17. The molecule has 2 aliphatic heterocycles. The maximum absolute atomic E-state index is 13.2. The van der Waals surface area contributed by atoms with Gasteiger partial charge >= 0.3 is 17.9 Å². The van der Waals surface area contributed by atoms with Crippen molar-refractivity contribution in [3.05, 3.63) is 23.8 Å². The number of carbonyl (C=O) groups excluding carboxylic acids is 2. The number of aromatic nitrogens is 2. The predicted octanol–water partition coefficient (Wildman–Crippen LogP) is 1.87. The van der Waals surface area contributed by atoms with E-state index < -0.39 is 60.5 Å². The summed E-state index contributed by atoms with van der Waals surface area (Å²) in [4.78, 5) is 46.7. The van der Waals surface area contributed by atoms with E-state index in [0.29, 0.717) is 80.0 Å². The molecule has 3 atom stereocenters. The van der Waals surface area contributed by atoms with Crippen LogP contribution in [-0.2, 0) is 48.3 Å². The summed E-state index contributed by atoms with van der Waals surface area (Å²) in [5.74, 6) is -3.78. The molecule has 0 aromatic carbocycles. The van der Waals surface area contributed by atoms with E-state index in [9.17, 15) is 36.0 Å². The molecule has 4 heterocycles. The number of ketones is 1. The highest BCUT2D eigenvalue weighted by molar-refractivity contribution is 7.96. The summed E-state index contributed by atoms with van der Waals surface area (Å²) < 4.78 is 77.6. The van der Waals surface area contributed by atoms with E-state index in [0.717, 1.165) is 11.7 Å². The van der Waals surface area contributed by atoms with Crippen molar-refractivity contribution in [3.63, 3.8) is 0 Å². The molecule has 2 aromatic heterocycles. The van der Waals surface area contributed by atoms with Gasteiger partial charge in [0.2, 0.25) is 5.82 Å². The first kappa shape index (κ1) is 44.9. The van der Waals surface area contributed by atoms with Gasteiger partial charge in [0, 0.05) is 49.8 Å². The maximum Gasteiger partial charge on any atom is 0.328 e. The van der Waals surface area contributed by atoms with Crippen molar-refractivity contribution in [2.45, 2.75) is 85.2 Å². The second-order valence-electron chi connectivity index (χ2n) is 13.4. The number of nitrogens with zero attached hydrogens (tertiary/aromatic N) is 3. The van der Waals surface area contributed by atoms with Gasteiger partial charge in [0.1, 0.15) is 32.7 Å². The lowest BCUT2D eigenvalue weighted by molar-refractivity contribution is -0.151. The van der Waals surface area contributed by atoms with Crippen LogP contribution < -0.4 is 20.3 Å². The minimum Gasteiger partial charge on any atom is -0.478 e. The minimum absolute atomic E-state index is 0.0155. The molecular formula is C32H47N5O13S4. The third kappa shape index (κ3) is 13.6. The lowest BCUT2D eigenvalue weighted by atomic mass is 10.1. The highest BCUT2D eigenvalue weighted by Crippen LogP contribution is 2.43. The van der Waals surface area contributed by atoms with Crippen LogP contribution >= 0.6 is 23.1 Å². The van der Waals surface area contributed by atoms with E-state index in [2.05, 4.69) is 19.4 Å². The Morgan fingerprint density at radius 1 is 1.11 bits per heavy atom. The molecule has 0 spiro atoms. The monoisotopic (exact) mass is 837 g/mol. The first-order valence-corrected chi connectivity index (χ1v) is 21.7. The number of Topliss-reactive ketones (excluding diaryl/α,β-unsaturated/α-hetero) is 1. The van der Waals surface area contributed by atoms with Gasteiger partial charge in [-0.05, 0) is 52.3 Å². The van der Waals surface area contributed by atoms with Crippen LogP contribution in [0.25, 0.3) is 0 Å². The number of thiophene rings is 1. The summed E-state index contributed by atoms with van der Waals surface area (Å²) in [5.41, 5.74) is 0.142. The van der Waals surface area contributed by atoms with Gasteiger partial charge in [-0.3, -0.25) is 9.59 Å². The van der Waals surface area contributed by atoms with Gasteiger partial charge in [0.25, 0.3) is 5.88 Å². The Bertz CT molecular complexity index is 1850. The molecule has 1 fully saturated rings. The van der Waals surface area contributed by atoms with Gasteiger partial charge in [0.05, 0.1) is 36.6 Å². The second-order valence-corrected chi connectivity index (χ2v) is 19.7. The van der Waals surface area contributed by atoms with Gasteiger partial charge in [-0.25, -0.2) is 26.4 Å². The Hall–Kier alpha value is -3.54. The first-order valence-electron chi connectivity index (χ1n) is 17.0. The zero-order valence-electron chi connectivity index (χ0n) is 30.6. The molecule has 0 saturated carbocycles. The molecule has 0 unspecified atom stereocenters. The van der Waals surface area contributed by atoms with E-state index in [-0.39, 0.29) is 46.0 Å². The minimum atomic E-state index is -4.13. The summed E-state index contributed by atoms with van der Waals surface area (Å²) in [6, 6.07) is 1.06. The van der Waals surface area contributed by atoms with Gasteiger partial charge in [-0.2, -0.15) is 4.37 Å². The quantitative estimate of drug-likeness (QED) is 0.131. The molecule has 0 amide bonds. The van der Waals surface area contributed by atoms with Crippen molar-refractivity contribution >= 4 is 72.2 Å². The average Bonchev–Trinajstić information content (AvgIpc) is 3.76. The third-order valence-electron chi connectivity index (χ3n) is 7.84. The van der Waals surface area contributed by atoms with Crippen molar-refractivity contribution < 1.29 is 60.4 Å². The number of ether oxygens (including phenoxy) is 3. The summed E-state index contributed by atoms with van der Waals surface area (Å²) in [7, 11) is -7.81. The molecule has 18 nitrogen and oxygen atoms in total. The number of carboxylic acid groups (broad SMARTS) is 2. The van der Waals surface area contributed by atoms with Gasteiger partial charge in [0.15, 0.2) is 19.7 Å². The normalized spacial score (nSPS) is 18.9. The third-order valence-corrected chi connectivity index (χ3v) is 14.5. The number of nitrogens with one attached hydrogen (secondary N) is 2. The zero-order chi connectivity index (χ0) is 40.3. The highest BCUT2D eigenvalue weighted by Gasteiger charge is 2.40. The Balaban J connectivity index is 0.000000879. The van der Waals surface area contributed by atoms with Crippen LogP contribution in [0.4, 0.5) is 5.82 Å². The standard InChI is InChI=1S/C28H43N5O9S4.C4H4O4/c1-6-29-22-13-18(2)46(38,39)27-21(22)14-24(43-27)45(36,37)17-19(34)7-8-23(35)42-20(15-30-28(3,4)5)16-41-26-25(31-44-32-26)33-9-11-40-12-10-33;5-3(6)1-2-4(7)8/h14,18,20,22,29-30H,6-13,15-17H2,1-5H3;1-2H,(H,5,6)(H,7,8)/b;2-1-/t18-,20-,22-;/m0./s1. The molecular weight excluding hydrogens is 791 g/mol. The number of morpholine rings is 1. The van der Waals surface area contributed by atoms with E-state index in [4.69, 9.17) is 24.4 Å². The van der Waals surface area contributed by atoms with Crippen LogP contribution in [0.3, 0.4) is 0 Å². The molecule has 4 rings (SSSR count). The molecule has 4 N–H and O–H groups in total. The number of aliphatic carboxylic acids is 2. The molecule has 1 saturated heterocycles. The Morgan fingerprint density at radius 2 is 1.76 bits per heavy atom. The lowest BCUT2D eigenvalue weighted by Gasteiger charge is -2.27. The van der Waals surface area contributed by atoms with Crippen molar-refractivity contribution in [1.82, 2.24) is 19.4 Å². The number of esters is 1. The van der Waals surface area contributed by atoms with E-state index in [1.807, 2.05) is 32.6 Å². The fourth-order valence-electron chi connectivity index (χ4n) is 5.14. The summed E-state index contributed by atoms with van der Waals surface area (Å²) >= 11 is 1.70. The molecule has 0 bridgehead atoms. The number of hydrogen-bond donors (Lipinski definition) is 4. The topological polar surface area (TPSA) is 258 Å². The fraction of sp³-hybridized carbons (Fsp3) is 0.625. The number of anilines is 1. The largest absolute Gasteiger partial charge is 0.478 e. The molecule has 0 radical (unpaired) electrons.